The number of hydrogen-bond donors (Lipinski definition) is 0. The quantitative estimate of drug-likeness (QED) is 0.749. The molecule has 1 aliphatic heterocycles. The fraction of sp³-hybridized carbons (Fsp3) is 0.500. The maximum atomic E-state index is 5.72. The molecule has 0 saturated carbocycles. The zero-order chi connectivity index (χ0) is 16.1. The Bertz CT molecular complexity index is 641. The minimum atomic E-state index is 0.283. The van der Waals surface area contributed by atoms with Crippen LogP contribution in [0.5, 0.6) is 11.5 Å². The van der Waals surface area contributed by atoms with Gasteiger partial charge in [-0.25, -0.2) is 0 Å². The van der Waals surface area contributed by atoms with Gasteiger partial charge in [0.25, 0.3) is 5.22 Å². The van der Waals surface area contributed by atoms with E-state index in [2.05, 4.69) is 10.2 Å². The lowest BCUT2D eigenvalue weighted by molar-refractivity contribution is 0.0314. The summed E-state index contributed by atoms with van der Waals surface area (Å²) >= 11 is 1.54. The maximum Gasteiger partial charge on any atom is 0.276 e. The van der Waals surface area contributed by atoms with Crippen molar-refractivity contribution in [1.29, 1.82) is 0 Å². The predicted molar refractivity (Wildman–Crippen MR) is 87.2 cm³/mol. The molecule has 1 saturated heterocycles. The molecule has 7 heteroatoms. The molecular formula is C16H20N2O4S. The van der Waals surface area contributed by atoms with Crippen LogP contribution >= 0.6 is 11.8 Å². The van der Waals surface area contributed by atoms with Gasteiger partial charge in [-0.15, -0.1) is 10.2 Å². The molecule has 1 aromatic heterocycles. The van der Waals surface area contributed by atoms with Crippen LogP contribution in [0.3, 0.4) is 0 Å². The van der Waals surface area contributed by atoms with Gasteiger partial charge in [0.05, 0.1) is 20.3 Å². The summed E-state index contributed by atoms with van der Waals surface area (Å²) < 4.78 is 22.0. The van der Waals surface area contributed by atoms with Gasteiger partial charge in [0.2, 0.25) is 5.89 Å². The van der Waals surface area contributed by atoms with E-state index in [1.54, 1.807) is 14.2 Å². The summed E-state index contributed by atoms with van der Waals surface area (Å²) in [6.07, 6.45) is 3.77. The van der Waals surface area contributed by atoms with Crippen LogP contribution in [0.15, 0.2) is 27.8 Å². The van der Waals surface area contributed by atoms with Crippen LogP contribution in [-0.4, -0.2) is 42.9 Å². The molecule has 0 aliphatic carbocycles. The molecule has 1 aromatic carbocycles. The zero-order valence-corrected chi connectivity index (χ0v) is 14.1. The molecule has 124 valence electrons. The second-order valence-electron chi connectivity index (χ2n) is 5.24. The molecule has 0 amide bonds. The predicted octanol–water partition coefficient (Wildman–Crippen LogP) is 3.42. The minimum absolute atomic E-state index is 0.283. The molecule has 1 fully saturated rings. The third kappa shape index (κ3) is 3.97. The van der Waals surface area contributed by atoms with Crippen LogP contribution in [0.25, 0.3) is 11.5 Å². The number of ether oxygens (including phenoxy) is 3. The van der Waals surface area contributed by atoms with E-state index in [9.17, 15) is 0 Å². The highest BCUT2D eigenvalue weighted by Gasteiger charge is 2.17. The number of rotatable bonds is 6. The number of thioether (sulfide) groups is 1. The number of nitrogens with zero attached hydrogens (tertiary/aromatic N) is 2. The first-order valence-electron chi connectivity index (χ1n) is 7.60. The normalized spacial score (nSPS) is 17.9. The highest BCUT2D eigenvalue weighted by molar-refractivity contribution is 7.99. The number of benzene rings is 1. The zero-order valence-electron chi connectivity index (χ0n) is 13.3. The van der Waals surface area contributed by atoms with Crippen molar-refractivity contribution in [3.8, 4) is 23.0 Å². The van der Waals surface area contributed by atoms with E-state index < -0.39 is 0 Å². The summed E-state index contributed by atoms with van der Waals surface area (Å²) in [5.74, 6) is 2.61. The molecular weight excluding hydrogens is 316 g/mol. The standard InChI is InChI=1S/C16H20N2O4S/c1-19-13-7-6-11(9-14(13)20-2)15-17-18-16(22-15)23-10-12-5-3-4-8-21-12/h6-7,9,12H,3-5,8,10H2,1-2H3/t12-/m0/s1. The Balaban J connectivity index is 1.66. The monoisotopic (exact) mass is 336 g/mol. The molecule has 0 radical (unpaired) electrons. The lowest BCUT2D eigenvalue weighted by Gasteiger charge is -2.21. The summed E-state index contributed by atoms with van der Waals surface area (Å²) in [4.78, 5) is 0. The molecule has 0 bridgehead atoms. The lowest BCUT2D eigenvalue weighted by atomic mass is 10.1. The van der Waals surface area contributed by atoms with Gasteiger partial charge in [-0.05, 0) is 37.5 Å². The highest BCUT2D eigenvalue weighted by Crippen LogP contribution is 2.33. The van der Waals surface area contributed by atoms with Crippen molar-refractivity contribution in [2.75, 3.05) is 26.6 Å². The van der Waals surface area contributed by atoms with Crippen molar-refractivity contribution >= 4 is 11.8 Å². The van der Waals surface area contributed by atoms with E-state index in [0.29, 0.717) is 22.6 Å². The molecule has 0 unspecified atom stereocenters. The van der Waals surface area contributed by atoms with E-state index in [4.69, 9.17) is 18.6 Å². The smallest absolute Gasteiger partial charge is 0.276 e. The molecule has 2 aromatic rings. The Morgan fingerprint density at radius 2 is 2.04 bits per heavy atom. The van der Waals surface area contributed by atoms with Crippen molar-refractivity contribution in [1.82, 2.24) is 10.2 Å². The maximum absolute atomic E-state index is 5.72. The second-order valence-corrected chi connectivity index (χ2v) is 6.21. The summed E-state index contributed by atoms with van der Waals surface area (Å²) in [7, 11) is 3.20. The molecule has 1 aliphatic rings. The molecule has 2 heterocycles. The topological polar surface area (TPSA) is 66.6 Å². The number of methoxy groups -OCH3 is 2. The van der Waals surface area contributed by atoms with Gasteiger partial charge in [0, 0.05) is 17.9 Å². The van der Waals surface area contributed by atoms with Crippen molar-refractivity contribution in [3.63, 3.8) is 0 Å². The SMILES string of the molecule is COc1ccc(-c2nnc(SC[C@@H]3CCCCO3)o2)cc1OC. The van der Waals surface area contributed by atoms with Crippen LogP contribution in [0.4, 0.5) is 0 Å². The first-order chi connectivity index (χ1) is 11.3. The van der Waals surface area contributed by atoms with Gasteiger partial charge < -0.3 is 18.6 Å². The lowest BCUT2D eigenvalue weighted by Crippen LogP contribution is -2.21. The molecule has 23 heavy (non-hydrogen) atoms. The van der Waals surface area contributed by atoms with Gasteiger partial charge in [-0.3, -0.25) is 0 Å². The molecule has 1 atom stereocenters. The largest absolute Gasteiger partial charge is 0.493 e. The van der Waals surface area contributed by atoms with Crippen LogP contribution < -0.4 is 9.47 Å². The Labute approximate surface area is 139 Å². The van der Waals surface area contributed by atoms with Crippen LogP contribution in [0, 0.1) is 0 Å². The Morgan fingerprint density at radius 3 is 2.78 bits per heavy atom. The summed E-state index contributed by atoms with van der Waals surface area (Å²) in [6.45, 7) is 0.853. The summed E-state index contributed by atoms with van der Waals surface area (Å²) in [5, 5.41) is 8.76. The average molecular weight is 336 g/mol. The summed E-state index contributed by atoms with van der Waals surface area (Å²) in [5.41, 5.74) is 0.802. The third-order valence-corrected chi connectivity index (χ3v) is 4.65. The Kier molecular flexibility index (Phi) is 5.40. The number of hydrogen-bond acceptors (Lipinski definition) is 7. The Hall–Kier alpha value is -1.73. The van der Waals surface area contributed by atoms with E-state index >= 15 is 0 Å². The van der Waals surface area contributed by atoms with Crippen molar-refractivity contribution in [2.24, 2.45) is 0 Å². The van der Waals surface area contributed by atoms with Crippen LogP contribution in [-0.2, 0) is 4.74 Å². The molecule has 6 nitrogen and oxygen atoms in total. The first kappa shape index (κ1) is 16.1. The van der Waals surface area contributed by atoms with Crippen LogP contribution in [0.2, 0.25) is 0 Å². The van der Waals surface area contributed by atoms with E-state index in [1.807, 2.05) is 18.2 Å². The fourth-order valence-electron chi connectivity index (χ4n) is 2.46. The van der Waals surface area contributed by atoms with Gasteiger partial charge >= 0.3 is 0 Å². The fourth-order valence-corrected chi connectivity index (χ4v) is 3.28. The van der Waals surface area contributed by atoms with E-state index in [-0.39, 0.29) is 6.10 Å². The number of aromatic nitrogens is 2. The molecule has 0 spiro atoms. The molecule has 3 rings (SSSR count). The van der Waals surface area contributed by atoms with Gasteiger partial charge in [-0.1, -0.05) is 11.8 Å². The van der Waals surface area contributed by atoms with Crippen molar-refractivity contribution in [2.45, 2.75) is 30.6 Å². The van der Waals surface area contributed by atoms with Gasteiger partial charge in [0.15, 0.2) is 11.5 Å². The summed E-state index contributed by atoms with van der Waals surface area (Å²) in [6, 6.07) is 5.51. The third-order valence-electron chi connectivity index (χ3n) is 3.70. The van der Waals surface area contributed by atoms with E-state index in [1.165, 1.54) is 18.2 Å². The average Bonchev–Trinajstić information content (AvgIpc) is 3.09. The Morgan fingerprint density at radius 1 is 1.17 bits per heavy atom. The first-order valence-corrected chi connectivity index (χ1v) is 8.59. The van der Waals surface area contributed by atoms with Gasteiger partial charge in [-0.2, -0.15) is 0 Å². The van der Waals surface area contributed by atoms with Crippen molar-refractivity contribution < 1.29 is 18.6 Å². The van der Waals surface area contributed by atoms with E-state index in [0.717, 1.165) is 30.8 Å². The van der Waals surface area contributed by atoms with Crippen molar-refractivity contribution in [3.05, 3.63) is 18.2 Å². The van der Waals surface area contributed by atoms with Gasteiger partial charge in [0.1, 0.15) is 0 Å². The van der Waals surface area contributed by atoms with Crippen LogP contribution in [0.1, 0.15) is 19.3 Å². The molecule has 0 N–H and O–H groups in total. The highest BCUT2D eigenvalue weighted by atomic mass is 32.2. The second kappa shape index (κ2) is 7.70. The minimum Gasteiger partial charge on any atom is -0.493 e.